The number of fused-ring (bicyclic) bond motifs is 3. The largest absolute Gasteiger partial charge is 0.422 e. The van der Waals surface area contributed by atoms with Gasteiger partial charge in [0.2, 0.25) is 5.76 Å². The average molecular weight is 526 g/mol. The molecule has 0 radical (unpaired) electrons. The van der Waals surface area contributed by atoms with E-state index in [-0.39, 0.29) is 28.6 Å². The minimum absolute atomic E-state index is 0.0952. The van der Waals surface area contributed by atoms with Gasteiger partial charge < -0.3 is 15.4 Å². The molecule has 5 nitrogen and oxygen atoms in total. The van der Waals surface area contributed by atoms with Gasteiger partial charge >= 0.3 is 6.18 Å². The molecule has 0 spiro atoms. The summed E-state index contributed by atoms with van der Waals surface area (Å²) in [4.78, 5) is 5.47. The van der Waals surface area contributed by atoms with Gasteiger partial charge in [-0.1, -0.05) is 53.7 Å². The van der Waals surface area contributed by atoms with Gasteiger partial charge in [0.15, 0.2) is 5.01 Å². The molecule has 0 bridgehead atoms. The zero-order valence-corrected chi connectivity index (χ0v) is 20.8. The first-order valence-electron chi connectivity index (χ1n) is 12.4. The third-order valence-corrected chi connectivity index (χ3v) is 8.77. The number of rotatable bonds is 5. The summed E-state index contributed by atoms with van der Waals surface area (Å²) in [6, 6.07) is 14.6. The Morgan fingerprint density at radius 2 is 1.95 bits per heavy atom. The van der Waals surface area contributed by atoms with E-state index < -0.39 is 11.7 Å². The van der Waals surface area contributed by atoms with Crippen molar-refractivity contribution in [2.24, 2.45) is 5.73 Å². The van der Waals surface area contributed by atoms with Crippen molar-refractivity contribution in [2.45, 2.75) is 56.2 Å². The number of nitrogens with two attached hydrogens (primary N) is 1. The quantitative estimate of drug-likeness (QED) is 0.307. The highest BCUT2D eigenvalue weighted by Gasteiger charge is 2.42. The molecule has 1 fully saturated rings. The smallest absolute Gasteiger partial charge is 0.396 e. The molecule has 0 amide bonds. The Labute approximate surface area is 216 Å². The highest BCUT2D eigenvalue weighted by molar-refractivity contribution is 7.18. The van der Waals surface area contributed by atoms with Crippen molar-refractivity contribution in [3.05, 3.63) is 70.9 Å². The van der Waals surface area contributed by atoms with Crippen LogP contribution in [0.3, 0.4) is 0 Å². The van der Waals surface area contributed by atoms with E-state index in [9.17, 15) is 18.3 Å². The van der Waals surface area contributed by atoms with Crippen LogP contribution in [-0.2, 0) is 19.0 Å². The second kappa shape index (κ2) is 9.08. The molecule has 2 aromatic heterocycles. The molecule has 37 heavy (non-hydrogen) atoms. The van der Waals surface area contributed by atoms with Crippen LogP contribution in [0, 0.1) is 0 Å². The van der Waals surface area contributed by atoms with Gasteiger partial charge in [0, 0.05) is 17.7 Å². The molecule has 0 aliphatic heterocycles. The van der Waals surface area contributed by atoms with Gasteiger partial charge in [0.05, 0.1) is 10.6 Å². The van der Waals surface area contributed by atoms with Crippen molar-refractivity contribution in [1.29, 1.82) is 0 Å². The second-order valence-corrected chi connectivity index (χ2v) is 11.1. The zero-order valence-electron chi connectivity index (χ0n) is 20.0. The number of nitrogens with zero attached hydrogens (tertiary/aromatic N) is 2. The van der Waals surface area contributed by atoms with Gasteiger partial charge in [-0.05, 0) is 61.1 Å². The summed E-state index contributed by atoms with van der Waals surface area (Å²) < 4.78 is 47.9. The Hall–Kier alpha value is -3.01. The van der Waals surface area contributed by atoms with Crippen LogP contribution in [0.15, 0.2) is 53.1 Å². The van der Waals surface area contributed by atoms with Crippen molar-refractivity contribution in [1.82, 2.24) is 10.1 Å². The number of aliphatic hydroxyl groups is 1. The van der Waals surface area contributed by atoms with Gasteiger partial charge in [-0.25, -0.2) is 4.98 Å². The summed E-state index contributed by atoms with van der Waals surface area (Å²) in [5, 5.41) is 13.3. The average Bonchev–Trinajstić information content (AvgIpc) is 3.60. The number of benzene rings is 2. The first-order chi connectivity index (χ1) is 17.8. The zero-order chi connectivity index (χ0) is 25.8. The molecular weight excluding hydrogens is 499 g/mol. The van der Waals surface area contributed by atoms with E-state index in [2.05, 4.69) is 28.3 Å². The van der Waals surface area contributed by atoms with E-state index in [1.807, 2.05) is 0 Å². The molecular formula is C28H26F3N3O2S. The van der Waals surface area contributed by atoms with Crippen molar-refractivity contribution in [3.63, 3.8) is 0 Å². The number of thiazole rings is 1. The molecule has 2 aliphatic rings. The molecule has 4 aromatic rings. The standard InChI is InChI=1S/C28H26F3N3O2S/c29-28(30,31)22-23(16-4-2-1-3-5-16)34-36-24(22)26-33-21-9-7-18-14-17(6-8-20(18)25(21)37-26)19-10-11-27(32,15-19)12-13-35/h1-6,8,14,19,35H,7,9-13,15,32H2. The highest BCUT2D eigenvalue weighted by atomic mass is 32.1. The molecule has 9 heteroatoms. The first kappa shape index (κ1) is 24.3. The Balaban J connectivity index is 1.35. The SMILES string of the molecule is NC1(CCO)CCC(c2ccc3c(c2)CCc2nc(-c4onc(-c5ccccc5)c4C(F)(F)F)sc2-3)C1. The van der Waals surface area contributed by atoms with Crippen LogP contribution in [0.2, 0.25) is 0 Å². The Bertz CT molecular complexity index is 1450. The number of hydrogen-bond acceptors (Lipinski definition) is 6. The van der Waals surface area contributed by atoms with Crippen molar-refractivity contribution >= 4 is 11.3 Å². The topological polar surface area (TPSA) is 85.2 Å². The fourth-order valence-electron chi connectivity index (χ4n) is 5.76. The van der Waals surface area contributed by atoms with Crippen molar-refractivity contribution in [2.75, 3.05) is 6.61 Å². The molecule has 192 valence electrons. The van der Waals surface area contributed by atoms with Gasteiger partial charge in [0.25, 0.3) is 0 Å². The van der Waals surface area contributed by atoms with E-state index >= 15 is 0 Å². The summed E-state index contributed by atoms with van der Waals surface area (Å²) in [5.74, 6) is 0.0123. The minimum Gasteiger partial charge on any atom is -0.396 e. The molecule has 2 heterocycles. The molecule has 1 saturated carbocycles. The minimum atomic E-state index is -4.64. The van der Waals surface area contributed by atoms with Crippen LogP contribution in [0.5, 0.6) is 0 Å². The molecule has 2 atom stereocenters. The van der Waals surface area contributed by atoms with Crippen LogP contribution in [0.25, 0.3) is 32.5 Å². The van der Waals surface area contributed by atoms with E-state index in [1.165, 1.54) is 22.5 Å². The lowest BCUT2D eigenvalue weighted by molar-refractivity contribution is -0.136. The molecule has 6 rings (SSSR count). The first-order valence-corrected chi connectivity index (χ1v) is 13.2. The summed E-state index contributed by atoms with van der Waals surface area (Å²) in [6.45, 7) is 0.0952. The number of hydrogen-bond donors (Lipinski definition) is 2. The lowest BCUT2D eigenvalue weighted by Crippen LogP contribution is -2.37. The van der Waals surface area contributed by atoms with Crippen molar-refractivity contribution in [3.8, 4) is 32.5 Å². The third kappa shape index (κ3) is 4.39. The van der Waals surface area contributed by atoms with Crippen molar-refractivity contribution < 1.29 is 22.8 Å². The van der Waals surface area contributed by atoms with Crippen LogP contribution in [0.1, 0.15) is 54.0 Å². The maximum atomic E-state index is 14.2. The third-order valence-electron chi connectivity index (χ3n) is 7.64. The maximum Gasteiger partial charge on any atom is 0.422 e. The fourth-order valence-corrected chi connectivity index (χ4v) is 6.92. The monoisotopic (exact) mass is 525 g/mol. The van der Waals surface area contributed by atoms with Crippen LogP contribution in [0.4, 0.5) is 13.2 Å². The number of aromatic nitrogens is 2. The predicted octanol–water partition coefficient (Wildman–Crippen LogP) is 6.60. The predicted molar refractivity (Wildman–Crippen MR) is 136 cm³/mol. The lowest BCUT2D eigenvalue weighted by atomic mass is 9.87. The Morgan fingerprint density at radius 3 is 2.70 bits per heavy atom. The second-order valence-electron chi connectivity index (χ2n) is 10.1. The van der Waals surface area contributed by atoms with Gasteiger partial charge in [-0.3, -0.25) is 0 Å². The Morgan fingerprint density at radius 1 is 1.14 bits per heavy atom. The summed E-state index contributed by atoms with van der Waals surface area (Å²) in [5.41, 5.74) is 9.59. The molecule has 3 N–H and O–H groups in total. The van der Waals surface area contributed by atoms with Gasteiger partial charge in [-0.2, -0.15) is 13.2 Å². The van der Waals surface area contributed by atoms with Crippen LogP contribution in [-0.4, -0.2) is 27.4 Å². The Kier molecular flexibility index (Phi) is 5.97. The lowest BCUT2D eigenvalue weighted by Gasteiger charge is -2.23. The highest BCUT2D eigenvalue weighted by Crippen LogP contribution is 2.48. The number of aryl methyl sites for hydroxylation is 2. The fraction of sp³-hybridized carbons (Fsp3) is 0.357. The molecule has 0 saturated heterocycles. The van der Waals surface area contributed by atoms with E-state index in [0.29, 0.717) is 24.3 Å². The number of aliphatic hydroxyl groups excluding tert-OH is 1. The summed E-state index contributed by atoms with van der Waals surface area (Å²) >= 11 is 1.22. The summed E-state index contributed by atoms with van der Waals surface area (Å²) in [6.07, 6.45) is 0.109. The molecule has 2 aliphatic carbocycles. The number of alkyl halides is 3. The van der Waals surface area contributed by atoms with Gasteiger partial charge in [-0.15, -0.1) is 11.3 Å². The maximum absolute atomic E-state index is 14.2. The van der Waals surface area contributed by atoms with Crippen LogP contribution < -0.4 is 5.73 Å². The molecule has 2 unspecified atom stereocenters. The normalized spacial score (nSPS) is 21.2. The van der Waals surface area contributed by atoms with E-state index in [1.54, 1.807) is 30.3 Å². The van der Waals surface area contributed by atoms with Gasteiger partial charge in [0.1, 0.15) is 11.3 Å². The number of halogens is 3. The molecule has 2 aromatic carbocycles. The van der Waals surface area contributed by atoms with E-state index in [0.717, 1.165) is 41.8 Å². The van der Waals surface area contributed by atoms with E-state index in [4.69, 9.17) is 10.3 Å². The van der Waals surface area contributed by atoms with Crippen LogP contribution >= 0.6 is 11.3 Å². The summed E-state index contributed by atoms with van der Waals surface area (Å²) in [7, 11) is 0.